The lowest BCUT2D eigenvalue weighted by Crippen LogP contribution is -1.90. The van der Waals surface area contributed by atoms with Crippen LogP contribution in [0.1, 0.15) is 11.3 Å². The fraction of sp³-hybridized carbons (Fsp3) is 0.0952. The van der Waals surface area contributed by atoms with Crippen LogP contribution in [-0.4, -0.2) is 15.2 Å². The van der Waals surface area contributed by atoms with Crippen molar-refractivity contribution in [3.63, 3.8) is 0 Å². The van der Waals surface area contributed by atoms with E-state index in [-0.39, 0.29) is 0 Å². The maximum atomic E-state index is 6.23. The quantitative estimate of drug-likeness (QED) is 0.306. The van der Waals surface area contributed by atoms with Gasteiger partial charge in [0, 0.05) is 21.4 Å². The molecule has 2 aromatic heterocycles. The number of thioether (sulfide) groups is 1. The molecule has 3 nitrogen and oxygen atoms in total. The summed E-state index contributed by atoms with van der Waals surface area (Å²) in [5, 5.41) is 11.9. The number of benzene rings is 2. The highest BCUT2D eigenvalue weighted by atomic mass is 35.5. The third kappa shape index (κ3) is 4.39. The zero-order valence-electron chi connectivity index (χ0n) is 14.9. The van der Waals surface area contributed by atoms with Crippen molar-refractivity contribution in [1.29, 1.82) is 0 Å². The maximum Gasteiger partial charge on any atom is 0.124 e. The van der Waals surface area contributed by atoms with Gasteiger partial charge in [0.05, 0.1) is 10.6 Å². The molecule has 0 aliphatic heterocycles. The van der Waals surface area contributed by atoms with Gasteiger partial charge in [-0.3, -0.25) is 0 Å². The van der Waals surface area contributed by atoms with Gasteiger partial charge in [-0.2, -0.15) is 0 Å². The second kappa shape index (κ2) is 8.62. The summed E-state index contributed by atoms with van der Waals surface area (Å²) in [6, 6.07) is 19.7. The SMILES string of the molecule is Cc1nc(-c2ccccc2)sc1-c1ccc(SCc2ccc(Cl)cc2Cl)nn1. The van der Waals surface area contributed by atoms with Gasteiger partial charge in [-0.25, -0.2) is 4.98 Å². The smallest absolute Gasteiger partial charge is 0.124 e. The van der Waals surface area contributed by atoms with Gasteiger partial charge in [0.25, 0.3) is 0 Å². The van der Waals surface area contributed by atoms with Crippen LogP contribution in [0, 0.1) is 6.92 Å². The van der Waals surface area contributed by atoms with E-state index in [0.29, 0.717) is 15.8 Å². The molecule has 0 saturated heterocycles. The first kappa shape index (κ1) is 19.4. The van der Waals surface area contributed by atoms with Crippen molar-refractivity contribution in [2.75, 3.05) is 0 Å². The van der Waals surface area contributed by atoms with Crippen LogP contribution in [0.3, 0.4) is 0 Å². The monoisotopic (exact) mass is 443 g/mol. The van der Waals surface area contributed by atoms with Gasteiger partial charge < -0.3 is 0 Å². The van der Waals surface area contributed by atoms with Gasteiger partial charge in [-0.1, -0.05) is 71.4 Å². The Balaban J connectivity index is 1.50. The van der Waals surface area contributed by atoms with Gasteiger partial charge in [0.15, 0.2) is 0 Å². The lowest BCUT2D eigenvalue weighted by atomic mass is 10.2. The molecule has 2 heterocycles. The summed E-state index contributed by atoms with van der Waals surface area (Å²) >= 11 is 15.4. The Labute approximate surface area is 181 Å². The Bertz CT molecular complexity index is 1100. The zero-order chi connectivity index (χ0) is 19.5. The highest BCUT2D eigenvalue weighted by molar-refractivity contribution is 7.98. The average Bonchev–Trinajstić information content (AvgIpc) is 3.10. The van der Waals surface area contributed by atoms with Crippen molar-refractivity contribution in [2.45, 2.75) is 17.7 Å². The number of hydrogen-bond donors (Lipinski definition) is 0. The second-order valence-corrected chi connectivity index (χ2v) is 8.92. The fourth-order valence-corrected chi connectivity index (χ4v) is 5.06. The van der Waals surface area contributed by atoms with E-state index in [0.717, 1.165) is 37.4 Å². The Morgan fingerprint density at radius 3 is 2.50 bits per heavy atom. The Kier molecular flexibility index (Phi) is 5.97. The molecule has 0 unspecified atom stereocenters. The minimum Gasteiger partial charge on any atom is -0.241 e. The Morgan fingerprint density at radius 1 is 0.964 bits per heavy atom. The zero-order valence-corrected chi connectivity index (χ0v) is 18.0. The molecule has 0 bridgehead atoms. The van der Waals surface area contributed by atoms with Crippen LogP contribution >= 0.6 is 46.3 Å². The normalized spacial score (nSPS) is 11.0. The minimum atomic E-state index is 0.637. The lowest BCUT2D eigenvalue weighted by Gasteiger charge is -2.04. The van der Waals surface area contributed by atoms with Crippen molar-refractivity contribution in [3.05, 3.63) is 82.0 Å². The number of halogens is 2. The van der Waals surface area contributed by atoms with Crippen LogP contribution in [0.25, 0.3) is 21.1 Å². The third-order valence-corrected chi connectivity index (χ3v) is 6.87. The molecule has 4 rings (SSSR count). The molecule has 0 aliphatic rings. The van der Waals surface area contributed by atoms with E-state index in [1.807, 2.05) is 49.4 Å². The standard InChI is InChI=1S/C21H15Cl2N3S2/c1-13-20(28-21(24-13)14-5-3-2-4-6-14)18-9-10-19(26-25-18)27-12-15-7-8-16(22)11-17(15)23/h2-11H,12H2,1H3. The molecular weight excluding hydrogens is 429 g/mol. The van der Waals surface area contributed by atoms with Gasteiger partial charge in [0.1, 0.15) is 15.7 Å². The number of aromatic nitrogens is 3. The molecule has 0 spiro atoms. The molecule has 140 valence electrons. The van der Waals surface area contributed by atoms with Crippen molar-refractivity contribution in [1.82, 2.24) is 15.2 Å². The highest BCUT2D eigenvalue weighted by Gasteiger charge is 2.13. The molecule has 0 N–H and O–H groups in total. The van der Waals surface area contributed by atoms with Crippen molar-refractivity contribution in [2.24, 2.45) is 0 Å². The Hall–Kier alpha value is -1.92. The van der Waals surface area contributed by atoms with Gasteiger partial charge in [0.2, 0.25) is 0 Å². The number of hydrogen-bond acceptors (Lipinski definition) is 5. The van der Waals surface area contributed by atoms with Crippen molar-refractivity contribution >= 4 is 46.3 Å². The Morgan fingerprint density at radius 2 is 1.79 bits per heavy atom. The van der Waals surface area contributed by atoms with Gasteiger partial charge in [-0.05, 0) is 36.8 Å². The summed E-state index contributed by atoms with van der Waals surface area (Å²) in [7, 11) is 0. The van der Waals surface area contributed by atoms with E-state index in [1.165, 1.54) is 0 Å². The van der Waals surface area contributed by atoms with E-state index >= 15 is 0 Å². The largest absolute Gasteiger partial charge is 0.241 e. The van der Waals surface area contributed by atoms with E-state index in [9.17, 15) is 0 Å². The summed E-state index contributed by atoms with van der Waals surface area (Å²) in [5.41, 5.74) is 3.94. The van der Waals surface area contributed by atoms with Crippen molar-refractivity contribution in [3.8, 4) is 21.1 Å². The summed E-state index contributed by atoms with van der Waals surface area (Å²) in [5.74, 6) is 0.710. The van der Waals surface area contributed by atoms with E-state index in [4.69, 9.17) is 28.2 Å². The molecule has 0 aliphatic carbocycles. The molecule has 0 radical (unpaired) electrons. The predicted molar refractivity (Wildman–Crippen MR) is 119 cm³/mol. The van der Waals surface area contributed by atoms with E-state index in [1.54, 1.807) is 29.2 Å². The molecule has 28 heavy (non-hydrogen) atoms. The lowest BCUT2D eigenvalue weighted by molar-refractivity contribution is 0.936. The summed E-state index contributed by atoms with van der Waals surface area (Å²) in [6.07, 6.45) is 0. The second-order valence-electron chi connectivity index (χ2n) is 6.08. The van der Waals surface area contributed by atoms with Crippen LogP contribution in [0.15, 0.2) is 65.7 Å². The van der Waals surface area contributed by atoms with E-state index in [2.05, 4.69) is 22.3 Å². The minimum absolute atomic E-state index is 0.637. The number of aryl methyl sites for hydroxylation is 1. The van der Waals surface area contributed by atoms with E-state index < -0.39 is 0 Å². The highest BCUT2D eigenvalue weighted by Crippen LogP contribution is 2.34. The molecule has 0 amide bonds. The van der Waals surface area contributed by atoms with Crippen LogP contribution in [0.4, 0.5) is 0 Å². The number of nitrogens with zero attached hydrogens (tertiary/aromatic N) is 3. The molecule has 0 atom stereocenters. The summed E-state index contributed by atoms with van der Waals surface area (Å²) in [6.45, 7) is 2.01. The van der Waals surface area contributed by atoms with Crippen LogP contribution in [-0.2, 0) is 5.75 Å². The number of thiazole rings is 1. The molecule has 0 saturated carbocycles. The molecule has 0 fully saturated rings. The summed E-state index contributed by atoms with van der Waals surface area (Å²) in [4.78, 5) is 5.74. The molecule has 4 aromatic rings. The van der Waals surface area contributed by atoms with Crippen LogP contribution < -0.4 is 0 Å². The van der Waals surface area contributed by atoms with Crippen molar-refractivity contribution < 1.29 is 0 Å². The fourth-order valence-electron chi connectivity index (χ4n) is 2.65. The average molecular weight is 444 g/mol. The molecular formula is C21H15Cl2N3S2. The first-order chi connectivity index (χ1) is 13.6. The molecule has 2 aromatic carbocycles. The molecule has 7 heteroatoms. The maximum absolute atomic E-state index is 6.23. The topological polar surface area (TPSA) is 38.7 Å². The third-order valence-electron chi connectivity index (χ3n) is 4.08. The van der Waals surface area contributed by atoms with Crippen LogP contribution in [0.2, 0.25) is 10.0 Å². The first-order valence-electron chi connectivity index (χ1n) is 8.54. The predicted octanol–water partition coefficient (Wildman–Crippen LogP) is 7.17. The van der Waals surface area contributed by atoms with Gasteiger partial charge >= 0.3 is 0 Å². The summed E-state index contributed by atoms with van der Waals surface area (Å²) < 4.78 is 0. The first-order valence-corrected chi connectivity index (χ1v) is 11.1. The number of rotatable bonds is 5. The van der Waals surface area contributed by atoms with Crippen LogP contribution in [0.5, 0.6) is 0 Å². The van der Waals surface area contributed by atoms with Gasteiger partial charge in [-0.15, -0.1) is 21.5 Å².